The van der Waals surface area contributed by atoms with Gasteiger partial charge >= 0.3 is 0 Å². The molecular formula is C27H29N9O3S. The molecule has 206 valence electrons. The van der Waals surface area contributed by atoms with Crippen LogP contribution in [0.25, 0.3) is 11.4 Å². The largest absolute Gasteiger partial charge is 0.390 e. The van der Waals surface area contributed by atoms with Gasteiger partial charge in [0.15, 0.2) is 5.82 Å². The van der Waals surface area contributed by atoms with Crippen molar-refractivity contribution in [2.24, 2.45) is 13.0 Å². The number of aromatic nitrogens is 7. The van der Waals surface area contributed by atoms with Gasteiger partial charge in [-0.1, -0.05) is 11.8 Å². The molecular weight excluding hydrogens is 530 g/mol. The fourth-order valence-corrected chi connectivity index (χ4v) is 5.87. The molecule has 2 fully saturated rings. The second-order valence-electron chi connectivity index (χ2n) is 10.7. The number of nitrogens with one attached hydrogen (secondary N) is 1. The number of pyridine rings is 1. The van der Waals surface area contributed by atoms with Crippen molar-refractivity contribution in [1.29, 1.82) is 0 Å². The molecule has 1 saturated carbocycles. The number of nitrogens with zero attached hydrogens (tertiary/aromatic N) is 8. The van der Waals surface area contributed by atoms with Crippen molar-refractivity contribution < 1.29 is 13.5 Å². The molecule has 0 amide bonds. The molecule has 0 spiro atoms. The minimum atomic E-state index is -3.47. The number of aryl methyl sites for hydroxylation is 1. The molecule has 4 aromatic rings. The SMILES string of the molecule is Cn1cc(C#Cc2cnc(Nc3ccnc(-c4cnn(S(=O)(=O)C5CC5)c4)n3)cc2N2CC(C(C)(C)O)C2)cn1. The summed E-state index contributed by atoms with van der Waals surface area (Å²) in [4.78, 5) is 15.6. The lowest BCUT2D eigenvalue weighted by molar-refractivity contribution is 0.00458. The maximum atomic E-state index is 12.5. The number of aliphatic hydroxyl groups is 1. The smallest absolute Gasteiger partial charge is 0.256 e. The Balaban J connectivity index is 1.26. The van der Waals surface area contributed by atoms with E-state index in [1.165, 1.54) is 12.4 Å². The van der Waals surface area contributed by atoms with Crippen LogP contribution in [-0.2, 0) is 17.1 Å². The van der Waals surface area contributed by atoms with Crippen molar-refractivity contribution in [3.63, 3.8) is 0 Å². The van der Waals surface area contributed by atoms with Gasteiger partial charge < -0.3 is 15.3 Å². The third-order valence-corrected chi connectivity index (χ3v) is 9.12. The van der Waals surface area contributed by atoms with Crippen LogP contribution in [0.1, 0.15) is 37.8 Å². The summed E-state index contributed by atoms with van der Waals surface area (Å²) in [5, 5.41) is 21.5. The molecule has 1 aliphatic carbocycles. The second-order valence-corrected chi connectivity index (χ2v) is 12.8. The first-order valence-corrected chi connectivity index (χ1v) is 14.4. The number of rotatable bonds is 7. The molecule has 6 rings (SSSR count). The van der Waals surface area contributed by atoms with Gasteiger partial charge in [-0.25, -0.2) is 23.4 Å². The maximum Gasteiger partial charge on any atom is 0.256 e. The predicted molar refractivity (Wildman–Crippen MR) is 149 cm³/mol. The summed E-state index contributed by atoms with van der Waals surface area (Å²) in [6.45, 7) is 5.05. The fourth-order valence-electron chi connectivity index (χ4n) is 4.40. The van der Waals surface area contributed by atoms with Gasteiger partial charge in [-0.05, 0) is 32.8 Å². The Morgan fingerprint density at radius 2 is 1.85 bits per heavy atom. The summed E-state index contributed by atoms with van der Waals surface area (Å²) in [7, 11) is -1.63. The highest BCUT2D eigenvalue weighted by Gasteiger charge is 2.39. The van der Waals surface area contributed by atoms with Crippen molar-refractivity contribution in [2.45, 2.75) is 37.5 Å². The first-order valence-electron chi connectivity index (χ1n) is 12.9. The summed E-state index contributed by atoms with van der Waals surface area (Å²) < 4.78 is 27.7. The maximum absolute atomic E-state index is 12.5. The van der Waals surface area contributed by atoms with Crippen LogP contribution >= 0.6 is 0 Å². The van der Waals surface area contributed by atoms with Crippen LogP contribution in [0.3, 0.4) is 0 Å². The summed E-state index contributed by atoms with van der Waals surface area (Å²) in [6.07, 6.45) is 11.1. The van der Waals surface area contributed by atoms with E-state index in [-0.39, 0.29) is 11.2 Å². The van der Waals surface area contributed by atoms with E-state index in [9.17, 15) is 13.5 Å². The molecule has 0 atom stereocenters. The molecule has 12 nitrogen and oxygen atoms in total. The Labute approximate surface area is 232 Å². The lowest BCUT2D eigenvalue weighted by atomic mass is 9.84. The van der Waals surface area contributed by atoms with Gasteiger partial charge in [0, 0.05) is 50.7 Å². The van der Waals surface area contributed by atoms with Crippen LogP contribution in [0.2, 0.25) is 0 Å². The monoisotopic (exact) mass is 559 g/mol. The Hall–Kier alpha value is -4.28. The van der Waals surface area contributed by atoms with Crippen molar-refractivity contribution in [3.8, 4) is 23.2 Å². The molecule has 0 aromatic carbocycles. The molecule has 13 heteroatoms. The van der Waals surface area contributed by atoms with Crippen LogP contribution < -0.4 is 10.2 Å². The molecule has 2 N–H and O–H groups in total. The minimum absolute atomic E-state index is 0.144. The molecule has 2 aliphatic rings. The summed E-state index contributed by atoms with van der Waals surface area (Å²) in [5.41, 5.74) is 2.19. The molecule has 5 heterocycles. The average Bonchev–Trinajstić information content (AvgIpc) is 3.47. The molecule has 1 saturated heterocycles. The average molecular weight is 560 g/mol. The molecule has 0 unspecified atom stereocenters. The zero-order valence-corrected chi connectivity index (χ0v) is 23.2. The van der Waals surface area contributed by atoms with Gasteiger partial charge in [0.25, 0.3) is 10.0 Å². The van der Waals surface area contributed by atoms with Crippen molar-refractivity contribution in [3.05, 3.63) is 60.4 Å². The Kier molecular flexibility index (Phi) is 6.31. The molecule has 0 bridgehead atoms. The highest BCUT2D eigenvalue weighted by atomic mass is 32.2. The van der Waals surface area contributed by atoms with E-state index in [2.05, 4.69) is 47.2 Å². The lowest BCUT2D eigenvalue weighted by Crippen LogP contribution is -2.56. The highest BCUT2D eigenvalue weighted by Crippen LogP contribution is 2.35. The van der Waals surface area contributed by atoms with E-state index in [1.54, 1.807) is 29.3 Å². The van der Waals surface area contributed by atoms with Crippen molar-refractivity contribution in [2.75, 3.05) is 23.3 Å². The summed E-state index contributed by atoms with van der Waals surface area (Å²) in [6, 6.07) is 3.62. The van der Waals surface area contributed by atoms with Crippen molar-refractivity contribution in [1.82, 2.24) is 33.9 Å². The van der Waals surface area contributed by atoms with Gasteiger partial charge in [0.2, 0.25) is 0 Å². The number of hydrogen-bond acceptors (Lipinski definition) is 10. The van der Waals surface area contributed by atoms with Crippen LogP contribution in [-0.4, -0.2) is 71.4 Å². The zero-order chi connectivity index (χ0) is 28.1. The van der Waals surface area contributed by atoms with E-state index >= 15 is 0 Å². The normalized spacial score (nSPS) is 15.8. The molecule has 0 radical (unpaired) electrons. The minimum Gasteiger partial charge on any atom is -0.390 e. The molecule has 1 aliphatic heterocycles. The van der Waals surface area contributed by atoms with E-state index in [4.69, 9.17) is 0 Å². The third-order valence-electron chi connectivity index (χ3n) is 7.09. The van der Waals surface area contributed by atoms with E-state index < -0.39 is 15.6 Å². The van der Waals surface area contributed by atoms with E-state index in [0.717, 1.165) is 20.9 Å². The highest BCUT2D eigenvalue weighted by molar-refractivity contribution is 7.90. The Bertz CT molecular complexity index is 1730. The Morgan fingerprint density at radius 3 is 2.55 bits per heavy atom. The fraction of sp³-hybridized carbons (Fsp3) is 0.370. The van der Waals surface area contributed by atoms with Gasteiger partial charge in [0.1, 0.15) is 11.6 Å². The second kappa shape index (κ2) is 9.72. The van der Waals surface area contributed by atoms with Gasteiger partial charge in [0.05, 0.1) is 51.8 Å². The number of hydrogen-bond donors (Lipinski definition) is 2. The van der Waals surface area contributed by atoms with E-state index in [1.807, 2.05) is 33.2 Å². The van der Waals surface area contributed by atoms with Gasteiger partial charge in [-0.15, -0.1) is 0 Å². The number of anilines is 3. The topological polar surface area (TPSA) is 144 Å². The summed E-state index contributed by atoms with van der Waals surface area (Å²) >= 11 is 0. The van der Waals surface area contributed by atoms with Crippen molar-refractivity contribution >= 4 is 27.3 Å². The third kappa shape index (κ3) is 5.28. The van der Waals surface area contributed by atoms with Gasteiger partial charge in [-0.3, -0.25) is 4.68 Å². The predicted octanol–water partition coefficient (Wildman–Crippen LogP) is 2.16. The van der Waals surface area contributed by atoms with E-state index in [0.29, 0.717) is 49.0 Å². The quantitative estimate of drug-likeness (QED) is 0.323. The van der Waals surface area contributed by atoms with Gasteiger partial charge in [-0.2, -0.15) is 14.3 Å². The lowest BCUT2D eigenvalue weighted by Gasteiger charge is -2.46. The first kappa shape index (κ1) is 26.0. The first-order chi connectivity index (χ1) is 19.1. The molecule has 40 heavy (non-hydrogen) atoms. The molecule has 4 aromatic heterocycles. The van der Waals surface area contributed by atoms with Crippen LogP contribution in [0, 0.1) is 17.8 Å². The summed E-state index contributed by atoms with van der Waals surface area (Å²) in [5.74, 6) is 7.90. The van der Waals surface area contributed by atoms with Crippen LogP contribution in [0.15, 0.2) is 49.3 Å². The van der Waals surface area contributed by atoms with Crippen LogP contribution in [0.5, 0.6) is 0 Å². The standard InChI is InChI=1S/C27H29N9O3S/c1-27(2,37)21-16-35(17-21)23-10-25(29-12-19(23)5-4-18-11-30-34(3)14-18)32-24-8-9-28-26(33-24)20-13-31-36(15-20)40(38,39)22-6-7-22/h8-15,21-22,37H,6-7,16-17H2,1-3H3,(H,28,29,32,33). The van der Waals surface area contributed by atoms with Crippen LogP contribution in [0.4, 0.5) is 17.3 Å². The Morgan fingerprint density at radius 1 is 1.05 bits per heavy atom. The zero-order valence-electron chi connectivity index (χ0n) is 22.4.